The van der Waals surface area contributed by atoms with Crippen LogP contribution in [0.2, 0.25) is 0 Å². The van der Waals surface area contributed by atoms with Crippen LogP contribution in [0.4, 0.5) is 0 Å². The second kappa shape index (κ2) is 18.7. The molecule has 0 saturated heterocycles. The Kier molecular flexibility index (Phi) is 13.0. The lowest BCUT2D eigenvalue weighted by Crippen LogP contribution is -2.59. The second-order valence-corrected chi connectivity index (χ2v) is 14.4. The summed E-state index contributed by atoms with van der Waals surface area (Å²) in [6.45, 7) is -0.387. The second-order valence-electron chi connectivity index (χ2n) is 13.4. The van der Waals surface area contributed by atoms with Crippen LogP contribution in [0, 0.1) is 0 Å². The molecule has 0 spiro atoms. The van der Waals surface area contributed by atoms with Gasteiger partial charge in [-0.25, -0.2) is 4.79 Å². The van der Waals surface area contributed by atoms with Gasteiger partial charge in [0.15, 0.2) is 6.61 Å². The molecular formula is C43H42N4O7S. The van der Waals surface area contributed by atoms with E-state index in [1.165, 1.54) is 11.3 Å². The molecule has 1 aromatic heterocycles. The number of hydrogen-bond acceptors (Lipinski definition) is 7. The lowest BCUT2D eigenvalue weighted by Gasteiger charge is -2.26. The summed E-state index contributed by atoms with van der Waals surface area (Å²) in [6, 6.07) is 32.4. The summed E-state index contributed by atoms with van der Waals surface area (Å²) in [5, 5.41) is 23.1. The molecular weight excluding hydrogens is 717 g/mol. The van der Waals surface area contributed by atoms with E-state index >= 15 is 0 Å². The third-order valence-electron chi connectivity index (χ3n) is 9.32. The van der Waals surface area contributed by atoms with Crippen LogP contribution in [0.15, 0.2) is 127 Å². The van der Waals surface area contributed by atoms with E-state index < -0.39 is 53.8 Å². The van der Waals surface area contributed by atoms with Gasteiger partial charge in [-0.3, -0.25) is 19.2 Å². The minimum atomic E-state index is -1.31. The molecule has 4 atom stereocenters. The Labute approximate surface area is 323 Å². The quantitative estimate of drug-likeness (QED) is 0.138. The van der Waals surface area contributed by atoms with Crippen LogP contribution in [0.5, 0.6) is 5.75 Å². The number of aryl methyl sites for hydroxylation is 1. The molecule has 282 valence electrons. The largest absolute Gasteiger partial charge is 0.484 e. The average molecular weight is 759 g/mol. The van der Waals surface area contributed by atoms with Crippen LogP contribution >= 0.6 is 11.3 Å². The Hall–Kier alpha value is -6.27. The lowest BCUT2D eigenvalue weighted by molar-refractivity contribution is -0.142. The lowest BCUT2D eigenvalue weighted by atomic mass is 9.99. The molecule has 0 aliphatic carbocycles. The molecule has 4 aromatic carbocycles. The number of nitrogens with one attached hydrogen (secondary N) is 4. The van der Waals surface area contributed by atoms with Crippen LogP contribution in [-0.4, -0.2) is 65.5 Å². The van der Waals surface area contributed by atoms with Gasteiger partial charge in [0.25, 0.3) is 5.91 Å². The van der Waals surface area contributed by atoms with Crippen molar-refractivity contribution in [2.45, 2.75) is 56.3 Å². The zero-order valence-electron chi connectivity index (χ0n) is 30.0. The monoisotopic (exact) mass is 758 g/mol. The van der Waals surface area contributed by atoms with E-state index in [1.54, 1.807) is 24.3 Å². The van der Waals surface area contributed by atoms with Crippen molar-refractivity contribution in [3.8, 4) is 16.9 Å². The number of carboxylic acid groups (broad SMARTS) is 1. The molecule has 12 heteroatoms. The first-order valence-corrected chi connectivity index (χ1v) is 18.9. The minimum Gasteiger partial charge on any atom is -0.484 e. The van der Waals surface area contributed by atoms with Crippen LogP contribution in [-0.2, 0) is 49.7 Å². The van der Waals surface area contributed by atoms with Gasteiger partial charge in [0, 0.05) is 24.1 Å². The van der Waals surface area contributed by atoms with Gasteiger partial charge in [0.05, 0.1) is 0 Å². The summed E-state index contributed by atoms with van der Waals surface area (Å²) in [5.74, 6) is -3.33. The number of carboxylic acids is 1. The van der Waals surface area contributed by atoms with E-state index in [0.717, 1.165) is 27.1 Å². The highest BCUT2D eigenvalue weighted by atomic mass is 32.1. The molecule has 7 rings (SSSR count). The first kappa shape index (κ1) is 38.5. The van der Waals surface area contributed by atoms with Crippen molar-refractivity contribution in [1.82, 2.24) is 21.3 Å². The molecule has 5 aromatic rings. The van der Waals surface area contributed by atoms with Gasteiger partial charge in [0.1, 0.15) is 29.9 Å². The zero-order chi connectivity index (χ0) is 38.6. The third-order valence-corrected chi connectivity index (χ3v) is 10.2. The van der Waals surface area contributed by atoms with Gasteiger partial charge in [-0.15, -0.1) is 11.3 Å². The van der Waals surface area contributed by atoms with E-state index in [2.05, 4.69) is 21.3 Å². The maximum Gasteiger partial charge on any atom is 0.326 e. The molecule has 2 bridgehead atoms. The van der Waals surface area contributed by atoms with E-state index in [1.807, 2.05) is 102 Å². The molecule has 4 amide bonds. The van der Waals surface area contributed by atoms with Gasteiger partial charge in [-0.1, -0.05) is 103 Å². The van der Waals surface area contributed by atoms with Crippen molar-refractivity contribution in [1.29, 1.82) is 0 Å². The fourth-order valence-electron chi connectivity index (χ4n) is 6.33. The molecule has 55 heavy (non-hydrogen) atoms. The van der Waals surface area contributed by atoms with Crippen LogP contribution in [0.25, 0.3) is 11.1 Å². The number of thiophene rings is 1. The maximum absolute atomic E-state index is 14.3. The Morgan fingerprint density at radius 2 is 1.25 bits per heavy atom. The number of benzene rings is 4. The van der Waals surface area contributed by atoms with Gasteiger partial charge in [-0.2, -0.15) is 0 Å². The summed E-state index contributed by atoms with van der Waals surface area (Å²) < 4.78 is 5.69. The number of carbonyl (C=O) groups excluding carboxylic acids is 4. The van der Waals surface area contributed by atoms with E-state index in [-0.39, 0.29) is 32.3 Å². The predicted molar refractivity (Wildman–Crippen MR) is 209 cm³/mol. The molecule has 2 aliphatic heterocycles. The molecule has 0 unspecified atom stereocenters. The standard InChI is InChI=1S/C43H42N4O7S/c48-39-27-54-33-20-15-30(16-21-33)25-38(43(52)53)47-40(49)35(22-17-28-8-3-1-4-9-28)45-41(50)36(46-42(51)37(44-39)26-34-12-7-23-55-34)24-29-13-18-32(19-14-29)31-10-5-2-6-11-31/h1-16,18-21,23,35-38H,17,22,24-27H2,(H,44,48)(H,45,50)(H,46,51)(H,47,49)(H,52,53)/t35-,36+,37-,38-/m1/s1. The Morgan fingerprint density at radius 1 is 0.636 bits per heavy atom. The number of rotatable bonds is 9. The SMILES string of the molecule is O=C1COc2ccc(cc2)C[C@H](C(=O)O)NC(=O)[C@@H](CCc2ccccc2)NC(=O)[C@H](Cc2ccc(-c3ccccc3)cc2)NC(=O)[C@@H](Cc2cccs2)N1. The highest BCUT2D eigenvalue weighted by Crippen LogP contribution is 2.21. The van der Waals surface area contributed by atoms with Crippen molar-refractivity contribution in [2.24, 2.45) is 0 Å². The maximum atomic E-state index is 14.3. The fourth-order valence-corrected chi connectivity index (χ4v) is 7.08. The number of ether oxygens (including phenoxy) is 1. The zero-order valence-corrected chi connectivity index (χ0v) is 30.8. The van der Waals surface area contributed by atoms with Gasteiger partial charge in [-0.05, 0) is 64.2 Å². The molecule has 2 aliphatic rings. The summed E-state index contributed by atoms with van der Waals surface area (Å²) in [6.07, 6.45) is 0.759. The Morgan fingerprint density at radius 3 is 1.91 bits per heavy atom. The van der Waals surface area contributed by atoms with Gasteiger partial charge in [0.2, 0.25) is 17.7 Å². The van der Waals surface area contributed by atoms with E-state index in [4.69, 9.17) is 4.74 Å². The number of amides is 4. The summed E-state index contributed by atoms with van der Waals surface area (Å²) in [5.41, 5.74) is 4.27. The summed E-state index contributed by atoms with van der Waals surface area (Å²) in [7, 11) is 0. The Balaban J connectivity index is 1.33. The van der Waals surface area contributed by atoms with E-state index in [9.17, 15) is 29.1 Å². The average Bonchev–Trinajstić information content (AvgIpc) is 3.72. The smallest absolute Gasteiger partial charge is 0.326 e. The van der Waals surface area contributed by atoms with Crippen molar-refractivity contribution in [3.05, 3.63) is 148 Å². The third kappa shape index (κ3) is 11.1. The molecule has 5 N–H and O–H groups in total. The molecule has 0 saturated carbocycles. The molecule has 11 nitrogen and oxygen atoms in total. The molecule has 0 fully saturated rings. The number of aliphatic carboxylic acids is 1. The summed E-state index contributed by atoms with van der Waals surface area (Å²) >= 11 is 1.43. The Bertz CT molecular complexity index is 2060. The van der Waals surface area contributed by atoms with Crippen molar-refractivity contribution in [3.63, 3.8) is 0 Å². The predicted octanol–water partition coefficient (Wildman–Crippen LogP) is 4.49. The first-order valence-electron chi connectivity index (χ1n) is 18.1. The highest BCUT2D eigenvalue weighted by Gasteiger charge is 2.32. The van der Waals surface area contributed by atoms with Crippen LogP contribution < -0.4 is 26.0 Å². The van der Waals surface area contributed by atoms with Crippen molar-refractivity contribution < 1.29 is 33.8 Å². The minimum absolute atomic E-state index is 0.0384. The first-order chi connectivity index (χ1) is 26.7. The summed E-state index contributed by atoms with van der Waals surface area (Å²) in [4.78, 5) is 68.7. The van der Waals surface area contributed by atoms with Crippen molar-refractivity contribution in [2.75, 3.05) is 6.61 Å². The van der Waals surface area contributed by atoms with E-state index in [0.29, 0.717) is 17.7 Å². The van der Waals surface area contributed by atoms with Crippen LogP contribution in [0.3, 0.4) is 0 Å². The number of fused-ring (bicyclic) bond motifs is 16. The van der Waals surface area contributed by atoms with Gasteiger partial charge >= 0.3 is 5.97 Å². The fraction of sp³-hybridized carbons (Fsp3) is 0.233. The van der Waals surface area contributed by atoms with Crippen LogP contribution in [0.1, 0.15) is 28.0 Å². The molecule has 0 radical (unpaired) electrons. The highest BCUT2D eigenvalue weighted by molar-refractivity contribution is 7.09. The number of carbonyl (C=O) groups is 5. The topological polar surface area (TPSA) is 163 Å². The molecule has 3 heterocycles. The van der Waals surface area contributed by atoms with Gasteiger partial charge < -0.3 is 31.1 Å². The number of hydrogen-bond donors (Lipinski definition) is 5. The normalized spacial score (nSPS) is 19.7. The van der Waals surface area contributed by atoms with Crippen molar-refractivity contribution >= 4 is 40.9 Å².